The van der Waals surface area contributed by atoms with Gasteiger partial charge in [0.05, 0.1) is 6.10 Å². The lowest BCUT2D eigenvalue weighted by molar-refractivity contribution is -0.149. The number of carboxylic acid groups (broad SMARTS) is 1. The normalized spacial score (nSPS) is 12.0. The molecule has 0 heterocycles. The number of aliphatic carboxylic acids is 1. The minimum Gasteiger partial charge on any atom is -0.478 e. The predicted molar refractivity (Wildman–Crippen MR) is 90.9 cm³/mol. The lowest BCUT2D eigenvalue weighted by Gasteiger charge is -2.13. The number of hydrogen-bond donors (Lipinski definition) is 2. The summed E-state index contributed by atoms with van der Waals surface area (Å²) in [4.78, 5) is 21.2. The van der Waals surface area contributed by atoms with Gasteiger partial charge in [0.2, 0.25) is 0 Å². The van der Waals surface area contributed by atoms with Crippen LogP contribution < -0.4 is 5.73 Å². The van der Waals surface area contributed by atoms with Crippen molar-refractivity contribution in [1.82, 2.24) is 0 Å². The zero-order valence-corrected chi connectivity index (χ0v) is 13.8. The third-order valence-corrected chi connectivity index (χ3v) is 2.50. The van der Waals surface area contributed by atoms with Crippen LogP contribution in [0.4, 0.5) is 0 Å². The van der Waals surface area contributed by atoms with Gasteiger partial charge in [-0.1, -0.05) is 48.6 Å². The fraction of sp³-hybridized carbons (Fsp3) is 0.333. The maximum absolute atomic E-state index is 11.4. The summed E-state index contributed by atoms with van der Waals surface area (Å²) in [6, 6.07) is 9.10. The molecule has 0 aliphatic carbocycles. The van der Waals surface area contributed by atoms with Gasteiger partial charge in [-0.2, -0.15) is 0 Å². The lowest BCUT2D eigenvalue weighted by atomic mass is 10.1. The molecule has 5 heteroatoms. The van der Waals surface area contributed by atoms with Gasteiger partial charge in [0.15, 0.2) is 0 Å². The standard InChI is InChI=1S/C12H17NO2.C6H8O2/c1-9(2)15-12(14)11(13)8-10-6-4-3-5-7-10;1-2-3-4-5-6(7)8/h3-7,9,11H,8,13H2,1-2H3;2-5H,1H3,(H,7,8)/b;3-2+,5-4+. The molecule has 126 valence electrons. The van der Waals surface area contributed by atoms with E-state index < -0.39 is 12.0 Å². The summed E-state index contributed by atoms with van der Waals surface area (Å²) in [5.74, 6) is -1.25. The number of rotatable bonds is 6. The van der Waals surface area contributed by atoms with Crippen molar-refractivity contribution in [2.24, 2.45) is 5.73 Å². The molecule has 1 unspecified atom stereocenters. The van der Waals surface area contributed by atoms with E-state index in [2.05, 4.69) is 0 Å². The molecule has 0 aliphatic rings. The van der Waals surface area contributed by atoms with Crippen LogP contribution in [0.15, 0.2) is 54.6 Å². The first kappa shape index (κ1) is 20.6. The van der Waals surface area contributed by atoms with Gasteiger partial charge in [0.1, 0.15) is 6.04 Å². The van der Waals surface area contributed by atoms with Crippen LogP contribution in [0.1, 0.15) is 26.3 Å². The van der Waals surface area contributed by atoms with Crippen LogP contribution in [0.2, 0.25) is 0 Å². The molecule has 0 saturated heterocycles. The van der Waals surface area contributed by atoms with Crippen molar-refractivity contribution >= 4 is 11.9 Å². The molecule has 3 N–H and O–H groups in total. The highest BCUT2D eigenvalue weighted by atomic mass is 16.5. The number of benzene rings is 1. The topological polar surface area (TPSA) is 89.6 Å². The van der Waals surface area contributed by atoms with E-state index in [1.807, 2.05) is 51.1 Å². The second-order valence-corrected chi connectivity index (χ2v) is 5.00. The van der Waals surface area contributed by atoms with E-state index in [-0.39, 0.29) is 12.1 Å². The van der Waals surface area contributed by atoms with E-state index in [0.717, 1.165) is 11.6 Å². The summed E-state index contributed by atoms with van der Waals surface area (Å²) >= 11 is 0. The Kier molecular flexibility index (Phi) is 10.9. The Morgan fingerprint density at radius 3 is 2.30 bits per heavy atom. The van der Waals surface area contributed by atoms with Crippen LogP contribution in [0.5, 0.6) is 0 Å². The van der Waals surface area contributed by atoms with E-state index in [9.17, 15) is 9.59 Å². The van der Waals surface area contributed by atoms with Gasteiger partial charge in [0.25, 0.3) is 0 Å². The second kappa shape index (κ2) is 12.2. The number of carbonyl (C=O) groups excluding carboxylic acids is 1. The second-order valence-electron chi connectivity index (χ2n) is 5.00. The van der Waals surface area contributed by atoms with E-state index in [4.69, 9.17) is 15.6 Å². The van der Waals surface area contributed by atoms with Crippen LogP contribution in [0, 0.1) is 0 Å². The quantitative estimate of drug-likeness (QED) is 0.478. The smallest absolute Gasteiger partial charge is 0.328 e. The summed E-state index contributed by atoms with van der Waals surface area (Å²) in [6.45, 7) is 5.45. The molecule has 1 aromatic rings. The summed E-state index contributed by atoms with van der Waals surface area (Å²) in [7, 11) is 0. The number of ether oxygens (including phenoxy) is 1. The summed E-state index contributed by atoms with van der Waals surface area (Å²) in [5.41, 5.74) is 6.77. The van der Waals surface area contributed by atoms with E-state index in [0.29, 0.717) is 6.42 Å². The lowest BCUT2D eigenvalue weighted by Crippen LogP contribution is -2.35. The van der Waals surface area contributed by atoms with Crippen molar-refractivity contribution < 1.29 is 19.4 Å². The average Bonchev–Trinajstić information content (AvgIpc) is 2.48. The molecule has 0 aromatic heterocycles. The van der Waals surface area contributed by atoms with Gasteiger partial charge in [-0.15, -0.1) is 0 Å². The average molecular weight is 319 g/mol. The van der Waals surface area contributed by atoms with Gasteiger partial charge >= 0.3 is 11.9 Å². The summed E-state index contributed by atoms with van der Waals surface area (Å²) in [5, 5.41) is 8.02. The van der Waals surface area contributed by atoms with Gasteiger partial charge in [-0.05, 0) is 32.8 Å². The van der Waals surface area contributed by atoms with Crippen LogP contribution >= 0.6 is 0 Å². The highest BCUT2D eigenvalue weighted by Crippen LogP contribution is 2.03. The zero-order valence-electron chi connectivity index (χ0n) is 13.8. The Balaban J connectivity index is 0.000000515. The minimum absolute atomic E-state index is 0.112. The Morgan fingerprint density at radius 2 is 1.83 bits per heavy atom. The maximum atomic E-state index is 11.4. The molecule has 0 amide bonds. The van der Waals surface area contributed by atoms with Crippen LogP contribution in [0.3, 0.4) is 0 Å². The van der Waals surface area contributed by atoms with Crippen molar-refractivity contribution in [3.63, 3.8) is 0 Å². The molecule has 0 bridgehead atoms. The van der Waals surface area contributed by atoms with Gasteiger partial charge in [-0.3, -0.25) is 4.79 Å². The number of hydrogen-bond acceptors (Lipinski definition) is 4. The number of allylic oxidation sites excluding steroid dienone is 3. The fourth-order valence-corrected chi connectivity index (χ4v) is 1.52. The highest BCUT2D eigenvalue weighted by Gasteiger charge is 2.16. The maximum Gasteiger partial charge on any atom is 0.328 e. The van der Waals surface area contributed by atoms with Crippen molar-refractivity contribution in [3.05, 3.63) is 60.2 Å². The Labute approximate surface area is 137 Å². The SMILES string of the molecule is C/C=C/C=C/C(=O)O.CC(C)OC(=O)C(N)Cc1ccccc1. The van der Waals surface area contributed by atoms with Crippen LogP contribution in [0.25, 0.3) is 0 Å². The van der Waals surface area contributed by atoms with Crippen molar-refractivity contribution in [2.75, 3.05) is 0 Å². The van der Waals surface area contributed by atoms with Crippen molar-refractivity contribution in [3.8, 4) is 0 Å². The van der Waals surface area contributed by atoms with E-state index >= 15 is 0 Å². The van der Waals surface area contributed by atoms with E-state index in [1.54, 1.807) is 12.2 Å². The molecule has 5 nitrogen and oxygen atoms in total. The molecule has 1 rings (SSSR count). The summed E-state index contributed by atoms with van der Waals surface area (Å²) < 4.78 is 5.02. The van der Waals surface area contributed by atoms with Gasteiger partial charge in [0, 0.05) is 6.08 Å². The fourth-order valence-electron chi connectivity index (χ4n) is 1.52. The first-order valence-electron chi connectivity index (χ1n) is 7.39. The Bertz CT molecular complexity index is 521. The van der Waals surface area contributed by atoms with Crippen molar-refractivity contribution in [1.29, 1.82) is 0 Å². The van der Waals surface area contributed by atoms with E-state index in [1.165, 1.54) is 6.08 Å². The third kappa shape index (κ3) is 11.9. The van der Waals surface area contributed by atoms with Crippen LogP contribution in [-0.4, -0.2) is 29.2 Å². The first-order chi connectivity index (χ1) is 10.9. The number of carboxylic acids is 1. The number of nitrogens with two attached hydrogens (primary N) is 1. The minimum atomic E-state index is -0.914. The highest BCUT2D eigenvalue weighted by molar-refractivity contribution is 5.80. The van der Waals surface area contributed by atoms with Gasteiger partial charge < -0.3 is 15.6 Å². The summed E-state index contributed by atoms with van der Waals surface area (Å²) in [6.07, 6.45) is 6.39. The molecular formula is C18H25NO4. The largest absolute Gasteiger partial charge is 0.478 e. The predicted octanol–water partition coefficient (Wildman–Crippen LogP) is 2.71. The van der Waals surface area contributed by atoms with Gasteiger partial charge in [-0.25, -0.2) is 4.79 Å². The van der Waals surface area contributed by atoms with Crippen LogP contribution in [-0.2, 0) is 20.7 Å². The number of carbonyl (C=O) groups is 2. The molecule has 0 spiro atoms. The molecule has 0 fully saturated rings. The molecule has 1 atom stereocenters. The van der Waals surface area contributed by atoms with Crippen molar-refractivity contribution in [2.45, 2.75) is 39.3 Å². The molecule has 0 saturated carbocycles. The Morgan fingerprint density at radius 1 is 1.22 bits per heavy atom. The number of esters is 1. The molecular weight excluding hydrogens is 294 g/mol. The molecule has 0 radical (unpaired) electrons. The zero-order chi connectivity index (χ0) is 17.7. The Hall–Kier alpha value is -2.40. The third-order valence-electron chi connectivity index (χ3n) is 2.50. The molecule has 1 aromatic carbocycles. The molecule has 0 aliphatic heterocycles. The first-order valence-corrected chi connectivity index (χ1v) is 7.39. The molecule has 23 heavy (non-hydrogen) atoms. The monoisotopic (exact) mass is 319 g/mol.